The number of rotatable bonds is 6. The molecule has 0 unspecified atom stereocenters. The van der Waals surface area contributed by atoms with Crippen LogP contribution in [0.4, 0.5) is 5.69 Å². The van der Waals surface area contributed by atoms with Crippen LogP contribution in [0, 0.1) is 0 Å². The smallest absolute Gasteiger partial charge is 0.248 e. The molecule has 0 aliphatic heterocycles. The van der Waals surface area contributed by atoms with Crippen molar-refractivity contribution in [3.63, 3.8) is 0 Å². The largest absolute Gasteiger partial charge is 0.374 e. The van der Waals surface area contributed by atoms with Gasteiger partial charge >= 0.3 is 0 Å². The number of nitrogens with zero attached hydrogens (tertiary/aromatic N) is 2. The van der Waals surface area contributed by atoms with Gasteiger partial charge in [0.1, 0.15) is 6.04 Å². The fourth-order valence-corrected chi connectivity index (χ4v) is 1.84. The lowest BCUT2D eigenvalue weighted by Crippen LogP contribution is -2.12. The number of nitrogens with two attached hydrogens (primary N) is 1. The Labute approximate surface area is 117 Å². The van der Waals surface area contributed by atoms with E-state index in [1.807, 2.05) is 13.0 Å². The van der Waals surface area contributed by atoms with Crippen molar-refractivity contribution in [1.82, 2.24) is 10.1 Å². The highest BCUT2D eigenvalue weighted by atomic mass is 16.5. The van der Waals surface area contributed by atoms with Crippen molar-refractivity contribution >= 4 is 11.6 Å². The lowest BCUT2D eigenvalue weighted by molar-refractivity contribution is 0.100. The number of benzene rings is 1. The highest BCUT2D eigenvalue weighted by Crippen LogP contribution is 2.19. The van der Waals surface area contributed by atoms with Gasteiger partial charge in [-0.3, -0.25) is 4.79 Å². The Bertz CT molecular complexity index is 594. The molecular formula is C14H18N4O2. The van der Waals surface area contributed by atoms with Crippen LogP contribution in [-0.2, 0) is 6.42 Å². The van der Waals surface area contributed by atoms with Gasteiger partial charge in [-0.15, -0.1) is 0 Å². The average molecular weight is 274 g/mol. The summed E-state index contributed by atoms with van der Waals surface area (Å²) in [6.45, 7) is 3.98. The first kappa shape index (κ1) is 14.0. The maximum Gasteiger partial charge on any atom is 0.248 e. The molecule has 1 amide bonds. The van der Waals surface area contributed by atoms with E-state index in [1.165, 1.54) is 0 Å². The summed E-state index contributed by atoms with van der Waals surface area (Å²) >= 11 is 0. The summed E-state index contributed by atoms with van der Waals surface area (Å²) in [5, 5.41) is 7.12. The molecule has 6 heteroatoms. The second-order valence-corrected chi connectivity index (χ2v) is 4.61. The van der Waals surface area contributed by atoms with E-state index in [0.717, 1.165) is 18.5 Å². The standard InChI is InChI=1S/C14H18N4O2/c1-3-5-12-17-14(20-18-12)9(2)16-11-7-4-6-10(8-11)13(15)19/h4,6-9,16H,3,5H2,1-2H3,(H2,15,19)/t9-/m0/s1. The van der Waals surface area contributed by atoms with Gasteiger partial charge in [0, 0.05) is 17.7 Å². The summed E-state index contributed by atoms with van der Waals surface area (Å²) < 4.78 is 5.21. The quantitative estimate of drug-likeness (QED) is 0.842. The molecule has 0 spiro atoms. The molecule has 0 saturated heterocycles. The van der Waals surface area contributed by atoms with Crippen molar-refractivity contribution in [1.29, 1.82) is 0 Å². The fraction of sp³-hybridized carbons (Fsp3) is 0.357. The number of hydrogen-bond acceptors (Lipinski definition) is 5. The molecule has 20 heavy (non-hydrogen) atoms. The van der Waals surface area contributed by atoms with Crippen LogP contribution in [0.15, 0.2) is 28.8 Å². The molecule has 1 aromatic heterocycles. The SMILES string of the molecule is CCCc1noc([C@H](C)Nc2cccc(C(N)=O)c2)n1. The van der Waals surface area contributed by atoms with Crippen LogP contribution < -0.4 is 11.1 Å². The van der Waals surface area contributed by atoms with Gasteiger partial charge in [-0.25, -0.2) is 0 Å². The predicted molar refractivity (Wildman–Crippen MR) is 75.3 cm³/mol. The Balaban J connectivity index is 2.08. The molecule has 0 saturated carbocycles. The zero-order valence-electron chi connectivity index (χ0n) is 11.6. The second kappa shape index (κ2) is 6.18. The van der Waals surface area contributed by atoms with Crippen LogP contribution in [0.1, 0.15) is 48.4 Å². The average Bonchev–Trinajstić information content (AvgIpc) is 2.88. The second-order valence-electron chi connectivity index (χ2n) is 4.61. The van der Waals surface area contributed by atoms with E-state index in [-0.39, 0.29) is 6.04 Å². The van der Waals surface area contributed by atoms with Gasteiger partial charge in [0.05, 0.1) is 0 Å². The van der Waals surface area contributed by atoms with Crippen LogP contribution in [0.3, 0.4) is 0 Å². The molecule has 0 aliphatic rings. The van der Waals surface area contributed by atoms with E-state index in [9.17, 15) is 4.79 Å². The molecule has 1 heterocycles. The van der Waals surface area contributed by atoms with Gasteiger partial charge in [0.15, 0.2) is 5.82 Å². The maximum absolute atomic E-state index is 11.1. The normalized spacial score (nSPS) is 12.1. The Morgan fingerprint density at radius 1 is 1.50 bits per heavy atom. The molecule has 0 fully saturated rings. The maximum atomic E-state index is 11.1. The number of anilines is 1. The van der Waals surface area contributed by atoms with E-state index in [4.69, 9.17) is 10.3 Å². The number of primary amides is 1. The first-order valence-corrected chi connectivity index (χ1v) is 6.59. The molecule has 0 radical (unpaired) electrons. The number of amides is 1. The van der Waals surface area contributed by atoms with Gasteiger partial charge in [-0.1, -0.05) is 18.1 Å². The van der Waals surface area contributed by atoms with Gasteiger partial charge in [0.25, 0.3) is 0 Å². The third-order valence-corrected chi connectivity index (χ3v) is 2.86. The number of hydrogen-bond donors (Lipinski definition) is 2. The zero-order chi connectivity index (χ0) is 14.5. The summed E-state index contributed by atoms with van der Waals surface area (Å²) in [6.07, 6.45) is 1.77. The first-order valence-electron chi connectivity index (χ1n) is 6.59. The number of carbonyl (C=O) groups is 1. The van der Waals surface area contributed by atoms with Gasteiger partial charge in [-0.2, -0.15) is 4.98 Å². The highest BCUT2D eigenvalue weighted by Gasteiger charge is 2.14. The first-order chi connectivity index (χ1) is 9.60. The number of aromatic nitrogens is 2. The van der Waals surface area contributed by atoms with Crippen molar-refractivity contribution in [2.24, 2.45) is 5.73 Å². The third-order valence-electron chi connectivity index (χ3n) is 2.86. The minimum Gasteiger partial charge on any atom is -0.374 e. The molecule has 2 aromatic rings. The molecule has 106 valence electrons. The molecule has 1 atom stereocenters. The van der Waals surface area contributed by atoms with Gasteiger partial charge in [0.2, 0.25) is 11.8 Å². The molecule has 6 nitrogen and oxygen atoms in total. The monoisotopic (exact) mass is 274 g/mol. The molecule has 1 aromatic carbocycles. The minimum absolute atomic E-state index is 0.142. The van der Waals surface area contributed by atoms with Crippen LogP contribution in [0.25, 0.3) is 0 Å². The lowest BCUT2D eigenvalue weighted by Gasteiger charge is -2.11. The van der Waals surface area contributed by atoms with E-state index in [2.05, 4.69) is 22.4 Å². The minimum atomic E-state index is -0.454. The van der Waals surface area contributed by atoms with Crippen molar-refractivity contribution in [2.75, 3.05) is 5.32 Å². The molecule has 3 N–H and O–H groups in total. The van der Waals surface area contributed by atoms with Crippen molar-refractivity contribution in [2.45, 2.75) is 32.7 Å². The Morgan fingerprint density at radius 3 is 3.00 bits per heavy atom. The van der Waals surface area contributed by atoms with E-state index in [0.29, 0.717) is 17.3 Å². The summed E-state index contributed by atoms with van der Waals surface area (Å²) in [4.78, 5) is 15.5. The van der Waals surface area contributed by atoms with E-state index in [1.54, 1.807) is 18.2 Å². The Hall–Kier alpha value is -2.37. The van der Waals surface area contributed by atoms with Crippen molar-refractivity contribution in [3.8, 4) is 0 Å². The number of aryl methyl sites for hydroxylation is 1. The molecule has 0 bridgehead atoms. The summed E-state index contributed by atoms with van der Waals surface area (Å²) in [6, 6.07) is 6.85. The topological polar surface area (TPSA) is 94.0 Å². The van der Waals surface area contributed by atoms with E-state index < -0.39 is 5.91 Å². The Morgan fingerprint density at radius 2 is 2.30 bits per heavy atom. The summed E-state index contributed by atoms with van der Waals surface area (Å²) in [7, 11) is 0. The number of nitrogens with one attached hydrogen (secondary N) is 1. The fourth-order valence-electron chi connectivity index (χ4n) is 1.84. The highest BCUT2D eigenvalue weighted by molar-refractivity contribution is 5.93. The summed E-state index contributed by atoms with van der Waals surface area (Å²) in [5.41, 5.74) is 6.49. The van der Waals surface area contributed by atoms with E-state index >= 15 is 0 Å². The van der Waals surface area contributed by atoms with Crippen molar-refractivity contribution in [3.05, 3.63) is 41.5 Å². The van der Waals surface area contributed by atoms with Gasteiger partial charge < -0.3 is 15.6 Å². The summed E-state index contributed by atoms with van der Waals surface area (Å²) in [5.74, 6) is 0.782. The lowest BCUT2D eigenvalue weighted by atomic mass is 10.2. The van der Waals surface area contributed by atoms with Crippen LogP contribution in [-0.4, -0.2) is 16.0 Å². The van der Waals surface area contributed by atoms with Crippen LogP contribution in [0.5, 0.6) is 0 Å². The van der Waals surface area contributed by atoms with Crippen molar-refractivity contribution < 1.29 is 9.32 Å². The van der Waals surface area contributed by atoms with Gasteiger partial charge in [-0.05, 0) is 31.5 Å². The van der Waals surface area contributed by atoms with Crippen LogP contribution in [0.2, 0.25) is 0 Å². The Kier molecular flexibility index (Phi) is 4.34. The number of carbonyl (C=O) groups excluding carboxylic acids is 1. The molecule has 0 aliphatic carbocycles. The third kappa shape index (κ3) is 3.34. The predicted octanol–water partition coefficient (Wildman–Crippen LogP) is 2.29. The van der Waals surface area contributed by atoms with Crippen LogP contribution >= 0.6 is 0 Å². The molecule has 2 rings (SSSR count). The zero-order valence-corrected chi connectivity index (χ0v) is 11.6. The molecular weight excluding hydrogens is 256 g/mol.